The SMILES string of the molecule is CNc1ccc(-c2nc(-c3ccccc3)n[nH]2)cc1. The average molecular weight is 250 g/mol. The molecule has 4 heteroatoms. The van der Waals surface area contributed by atoms with E-state index in [1.807, 2.05) is 61.6 Å². The summed E-state index contributed by atoms with van der Waals surface area (Å²) in [5.74, 6) is 1.50. The molecule has 0 amide bonds. The largest absolute Gasteiger partial charge is 0.388 e. The van der Waals surface area contributed by atoms with Crippen LogP contribution < -0.4 is 5.32 Å². The van der Waals surface area contributed by atoms with E-state index >= 15 is 0 Å². The summed E-state index contributed by atoms with van der Waals surface area (Å²) in [5.41, 5.74) is 3.11. The second-order valence-electron chi connectivity index (χ2n) is 4.20. The molecule has 0 fully saturated rings. The molecule has 0 atom stereocenters. The van der Waals surface area contributed by atoms with E-state index in [0.717, 1.165) is 22.6 Å². The van der Waals surface area contributed by atoms with Crippen LogP contribution in [-0.4, -0.2) is 22.2 Å². The molecule has 19 heavy (non-hydrogen) atoms. The molecule has 0 spiro atoms. The maximum absolute atomic E-state index is 4.52. The summed E-state index contributed by atoms with van der Waals surface area (Å²) >= 11 is 0. The van der Waals surface area contributed by atoms with E-state index in [-0.39, 0.29) is 0 Å². The summed E-state index contributed by atoms with van der Waals surface area (Å²) in [5, 5.41) is 10.3. The number of hydrogen-bond acceptors (Lipinski definition) is 3. The highest BCUT2D eigenvalue weighted by Gasteiger charge is 2.06. The summed E-state index contributed by atoms with van der Waals surface area (Å²) in [6.45, 7) is 0. The molecule has 3 rings (SSSR count). The monoisotopic (exact) mass is 250 g/mol. The van der Waals surface area contributed by atoms with E-state index in [1.165, 1.54) is 0 Å². The van der Waals surface area contributed by atoms with Gasteiger partial charge in [-0.25, -0.2) is 4.98 Å². The third-order valence-electron chi connectivity index (χ3n) is 2.96. The second-order valence-corrected chi connectivity index (χ2v) is 4.20. The Bertz CT molecular complexity index is 656. The molecule has 3 aromatic rings. The lowest BCUT2D eigenvalue weighted by Crippen LogP contribution is -1.87. The van der Waals surface area contributed by atoms with E-state index in [9.17, 15) is 0 Å². The van der Waals surface area contributed by atoms with Crippen LogP contribution in [0.15, 0.2) is 54.6 Å². The van der Waals surface area contributed by atoms with Gasteiger partial charge in [0.05, 0.1) is 0 Å². The van der Waals surface area contributed by atoms with Crippen molar-refractivity contribution in [2.75, 3.05) is 12.4 Å². The fraction of sp³-hybridized carbons (Fsp3) is 0.0667. The fourth-order valence-corrected chi connectivity index (χ4v) is 1.90. The minimum Gasteiger partial charge on any atom is -0.388 e. The standard InChI is InChI=1S/C15H14N4/c1-16-13-9-7-12(8-10-13)15-17-14(18-19-15)11-5-3-2-4-6-11/h2-10,16H,1H3,(H,17,18,19). The number of nitrogens with zero attached hydrogens (tertiary/aromatic N) is 2. The van der Waals surface area contributed by atoms with Crippen molar-refractivity contribution >= 4 is 5.69 Å². The highest BCUT2D eigenvalue weighted by molar-refractivity contribution is 5.63. The Hall–Kier alpha value is -2.62. The number of hydrogen-bond donors (Lipinski definition) is 2. The third-order valence-corrected chi connectivity index (χ3v) is 2.96. The van der Waals surface area contributed by atoms with Crippen molar-refractivity contribution in [2.45, 2.75) is 0 Å². The minimum absolute atomic E-state index is 0.716. The Kier molecular flexibility index (Phi) is 2.98. The molecule has 0 bridgehead atoms. The first-order valence-electron chi connectivity index (χ1n) is 6.13. The molecular formula is C15H14N4. The van der Waals surface area contributed by atoms with E-state index < -0.39 is 0 Å². The highest BCUT2D eigenvalue weighted by Crippen LogP contribution is 2.21. The first-order chi connectivity index (χ1) is 9.36. The maximum atomic E-state index is 4.52. The predicted molar refractivity (Wildman–Crippen MR) is 76.8 cm³/mol. The van der Waals surface area contributed by atoms with E-state index in [1.54, 1.807) is 0 Å². The van der Waals surface area contributed by atoms with Crippen molar-refractivity contribution in [3.8, 4) is 22.8 Å². The van der Waals surface area contributed by atoms with Crippen molar-refractivity contribution in [2.24, 2.45) is 0 Å². The number of aromatic nitrogens is 3. The zero-order chi connectivity index (χ0) is 13.1. The van der Waals surface area contributed by atoms with Gasteiger partial charge in [-0.1, -0.05) is 30.3 Å². The second kappa shape index (κ2) is 4.94. The number of aromatic amines is 1. The molecule has 0 saturated carbocycles. The number of nitrogens with one attached hydrogen (secondary N) is 2. The molecule has 4 nitrogen and oxygen atoms in total. The topological polar surface area (TPSA) is 53.6 Å². The lowest BCUT2D eigenvalue weighted by molar-refractivity contribution is 1.10. The van der Waals surface area contributed by atoms with Crippen LogP contribution in [0.2, 0.25) is 0 Å². The molecule has 0 aliphatic carbocycles. The van der Waals surface area contributed by atoms with Crippen LogP contribution in [0.1, 0.15) is 0 Å². The summed E-state index contributed by atoms with van der Waals surface area (Å²) in [6, 6.07) is 18.0. The summed E-state index contributed by atoms with van der Waals surface area (Å²) < 4.78 is 0. The molecule has 0 radical (unpaired) electrons. The summed E-state index contributed by atoms with van der Waals surface area (Å²) in [7, 11) is 1.90. The van der Waals surface area contributed by atoms with Gasteiger partial charge < -0.3 is 5.32 Å². The van der Waals surface area contributed by atoms with Crippen LogP contribution in [0, 0.1) is 0 Å². The number of benzene rings is 2. The zero-order valence-electron chi connectivity index (χ0n) is 10.6. The fourth-order valence-electron chi connectivity index (χ4n) is 1.90. The Morgan fingerprint density at radius 2 is 1.63 bits per heavy atom. The van der Waals surface area contributed by atoms with Gasteiger partial charge in [-0.2, -0.15) is 5.10 Å². The normalized spacial score (nSPS) is 10.4. The lowest BCUT2D eigenvalue weighted by Gasteiger charge is -2.00. The maximum Gasteiger partial charge on any atom is 0.181 e. The molecule has 1 heterocycles. The Morgan fingerprint density at radius 1 is 0.895 bits per heavy atom. The van der Waals surface area contributed by atoms with Crippen LogP contribution in [0.25, 0.3) is 22.8 Å². The van der Waals surface area contributed by atoms with Crippen LogP contribution in [0.4, 0.5) is 5.69 Å². The molecular weight excluding hydrogens is 236 g/mol. The van der Waals surface area contributed by atoms with Crippen molar-refractivity contribution in [3.05, 3.63) is 54.6 Å². The molecule has 2 N–H and O–H groups in total. The van der Waals surface area contributed by atoms with E-state index in [0.29, 0.717) is 5.82 Å². The summed E-state index contributed by atoms with van der Waals surface area (Å²) in [6.07, 6.45) is 0. The molecule has 1 aromatic heterocycles. The zero-order valence-corrected chi connectivity index (χ0v) is 10.6. The van der Waals surface area contributed by atoms with Crippen LogP contribution in [-0.2, 0) is 0 Å². The number of rotatable bonds is 3. The van der Waals surface area contributed by atoms with Crippen molar-refractivity contribution in [1.29, 1.82) is 0 Å². The highest BCUT2D eigenvalue weighted by atomic mass is 15.2. The molecule has 0 unspecified atom stereocenters. The van der Waals surface area contributed by atoms with Gasteiger partial charge in [0.1, 0.15) is 0 Å². The van der Waals surface area contributed by atoms with Crippen LogP contribution >= 0.6 is 0 Å². The number of H-pyrrole nitrogens is 1. The molecule has 0 saturated heterocycles. The van der Waals surface area contributed by atoms with Crippen molar-refractivity contribution < 1.29 is 0 Å². The van der Waals surface area contributed by atoms with Crippen molar-refractivity contribution in [3.63, 3.8) is 0 Å². The van der Waals surface area contributed by atoms with Gasteiger partial charge in [-0.3, -0.25) is 5.10 Å². The first kappa shape index (κ1) is 11.5. The Morgan fingerprint density at radius 3 is 2.32 bits per heavy atom. The van der Waals surface area contributed by atoms with Crippen LogP contribution in [0.3, 0.4) is 0 Å². The Labute approximate surface area is 111 Å². The van der Waals surface area contributed by atoms with Crippen LogP contribution in [0.5, 0.6) is 0 Å². The molecule has 0 aliphatic heterocycles. The smallest absolute Gasteiger partial charge is 0.181 e. The molecule has 2 aromatic carbocycles. The van der Waals surface area contributed by atoms with Gasteiger partial charge in [-0.05, 0) is 24.3 Å². The quantitative estimate of drug-likeness (QED) is 0.750. The van der Waals surface area contributed by atoms with E-state index in [2.05, 4.69) is 20.5 Å². The van der Waals surface area contributed by atoms with Gasteiger partial charge >= 0.3 is 0 Å². The van der Waals surface area contributed by atoms with Gasteiger partial charge in [0.2, 0.25) is 0 Å². The summed E-state index contributed by atoms with van der Waals surface area (Å²) in [4.78, 5) is 4.52. The van der Waals surface area contributed by atoms with Gasteiger partial charge in [-0.15, -0.1) is 0 Å². The average Bonchev–Trinajstić information content (AvgIpc) is 2.98. The number of anilines is 1. The predicted octanol–water partition coefficient (Wildman–Crippen LogP) is 3.18. The van der Waals surface area contributed by atoms with Gasteiger partial charge in [0.25, 0.3) is 0 Å². The van der Waals surface area contributed by atoms with Crippen molar-refractivity contribution in [1.82, 2.24) is 15.2 Å². The van der Waals surface area contributed by atoms with Gasteiger partial charge in [0.15, 0.2) is 11.6 Å². The Balaban J connectivity index is 1.92. The van der Waals surface area contributed by atoms with Gasteiger partial charge in [0, 0.05) is 23.9 Å². The molecule has 94 valence electrons. The molecule has 0 aliphatic rings. The minimum atomic E-state index is 0.716. The third kappa shape index (κ3) is 2.33. The lowest BCUT2D eigenvalue weighted by atomic mass is 10.2. The first-order valence-corrected chi connectivity index (χ1v) is 6.13. The van der Waals surface area contributed by atoms with E-state index in [4.69, 9.17) is 0 Å².